The van der Waals surface area contributed by atoms with E-state index in [9.17, 15) is 18.9 Å². The van der Waals surface area contributed by atoms with Gasteiger partial charge in [0, 0.05) is 33.5 Å². The van der Waals surface area contributed by atoms with E-state index in [0.29, 0.717) is 32.2 Å². The Morgan fingerprint density at radius 3 is 2.39 bits per heavy atom. The molecule has 3 aliphatic heterocycles. The lowest BCUT2D eigenvalue weighted by Crippen LogP contribution is -2.41. The fraction of sp³-hybridized carbons (Fsp3) is 1.00. The molecule has 3 rings (SSSR count). The minimum Gasteiger partial charge on any atom is -0.382 e. The van der Waals surface area contributed by atoms with Gasteiger partial charge in [0.05, 0.1) is 19.3 Å². The van der Waals surface area contributed by atoms with Gasteiger partial charge in [-0.3, -0.25) is 13.6 Å². The highest BCUT2D eigenvalue weighted by molar-refractivity contribution is 7.51. The van der Waals surface area contributed by atoms with E-state index in [0.717, 1.165) is 13.5 Å². The number of phosphoric acid groups is 1. The number of rotatable bonds is 8. The third-order valence-corrected chi connectivity index (χ3v) is 7.03. The Bertz CT molecular complexity index is 676. The van der Waals surface area contributed by atoms with Gasteiger partial charge in [-0.2, -0.15) is 0 Å². The topological polar surface area (TPSA) is 139 Å². The molecule has 0 aliphatic carbocycles. The summed E-state index contributed by atoms with van der Waals surface area (Å²) in [6.45, 7) is 6.45. The van der Waals surface area contributed by atoms with E-state index in [2.05, 4.69) is 4.52 Å². The van der Waals surface area contributed by atoms with Gasteiger partial charge >= 0.3 is 15.4 Å². The zero-order chi connectivity index (χ0) is 23.4. The van der Waals surface area contributed by atoms with Crippen molar-refractivity contribution in [2.75, 3.05) is 40.7 Å². The lowest BCUT2D eigenvalue weighted by Gasteiger charge is -2.34. The SMILES string of the molecule is COCC1OCC(C)CC1OP(C)(=O)O.[B]C1OC2(CC)COC1C2OP(=O)(O)OC. The van der Waals surface area contributed by atoms with Crippen molar-refractivity contribution in [2.24, 2.45) is 5.92 Å². The van der Waals surface area contributed by atoms with Gasteiger partial charge in [0.15, 0.2) is 0 Å². The first-order valence-electron chi connectivity index (χ1n) is 10.1. The molecule has 2 radical (unpaired) electrons. The molecule has 9 atom stereocenters. The summed E-state index contributed by atoms with van der Waals surface area (Å²) in [4.78, 5) is 18.5. The van der Waals surface area contributed by atoms with Crippen LogP contribution in [0.4, 0.5) is 0 Å². The number of hydrogen-bond donors (Lipinski definition) is 2. The first kappa shape index (κ1) is 27.4. The van der Waals surface area contributed by atoms with Gasteiger partial charge in [-0.05, 0) is 18.8 Å². The van der Waals surface area contributed by atoms with Gasteiger partial charge in [-0.25, -0.2) is 4.57 Å². The van der Waals surface area contributed by atoms with Gasteiger partial charge in [0.25, 0.3) is 0 Å². The Balaban J connectivity index is 0.000000221. The van der Waals surface area contributed by atoms with Crippen molar-refractivity contribution in [3.63, 3.8) is 0 Å². The molecule has 2 bridgehead atoms. The average molecular weight is 486 g/mol. The van der Waals surface area contributed by atoms with E-state index in [1.807, 2.05) is 13.8 Å². The van der Waals surface area contributed by atoms with E-state index in [1.165, 1.54) is 6.66 Å². The Morgan fingerprint density at radius 2 is 1.87 bits per heavy atom. The molecule has 180 valence electrons. The second-order valence-electron chi connectivity index (χ2n) is 8.07. The van der Waals surface area contributed by atoms with Crippen LogP contribution in [0.25, 0.3) is 0 Å². The molecule has 31 heavy (non-hydrogen) atoms. The molecule has 0 aromatic carbocycles. The summed E-state index contributed by atoms with van der Waals surface area (Å²) in [5.41, 5.74) is -0.735. The molecule has 2 N–H and O–H groups in total. The third-order valence-electron chi connectivity index (χ3n) is 5.41. The summed E-state index contributed by atoms with van der Waals surface area (Å²) < 4.78 is 58.6. The highest BCUT2D eigenvalue weighted by Crippen LogP contribution is 2.52. The molecule has 0 spiro atoms. The largest absolute Gasteiger partial charge is 0.472 e. The normalized spacial score (nSPS) is 41.1. The molecule has 3 heterocycles. The highest BCUT2D eigenvalue weighted by atomic mass is 31.2. The van der Waals surface area contributed by atoms with E-state index >= 15 is 0 Å². The quantitative estimate of drug-likeness (QED) is 0.381. The smallest absolute Gasteiger partial charge is 0.382 e. The fourth-order valence-corrected chi connectivity index (χ4v) is 5.24. The summed E-state index contributed by atoms with van der Waals surface area (Å²) in [7, 11) is 0.861. The van der Waals surface area contributed by atoms with E-state index in [1.54, 1.807) is 7.11 Å². The van der Waals surface area contributed by atoms with Crippen molar-refractivity contribution in [1.29, 1.82) is 0 Å². The molecule has 11 nitrogen and oxygen atoms in total. The van der Waals surface area contributed by atoms with E-state index in [-0.39, 0.29) is 12.2 Å². The summed E-state index contributed by atoms with van der Waals surface area (Å²) in [6, 6.07) is -0.629. The van der Waals surface area contributed by atoms with Crippen LogP contribution in [0, 0.1) is 5.92 Å². The maximum absolute atomic E-state index is 11.4. The minimum atomic E-state index is -4.06. The van der Waals surface area contributed by atoms with Crippen LogP contribution >= 0.6 is 15.4 Å². The average Bonchev–Trinajstić information content (AvgIpc) is 3.14. The zero-order valence-electron chi connectivity index (χ0n) is 18.5. The molecule has 0 aromatic rings. The number of ether oxygens (including phenoxy) is 4. The molecule has 3 aliphatic rings. The number of hydrogen-bond acceptors (Lipinski definition) is 9. The van der Waals surface area contributed by atoms with Crippen molar-refractivity contribution in [3.8, 4) is 0 Å². The van der Waals surface area contributed by atoms with E-state index in [4.69, 9.17) is 35.8 Å². The first-order chi connectivity index (χ1) is 14.4. The Labute approximate surface area is 184 Å². The molecule has 9 unspecified atom stereocenters. The molecule has 0 amide bonds. The van der Waals surface area contributed by atoms with Crippen LogP contribution in [0.2, 0.25) is 0 Å². The van der Waals surface area contributed by atoms with Crippen LogP contribution in [0.5, 0.6) is 0 Å². The molecular formula is C17H33BO11P2. The lowest BCUT2D eigenvalue weighted by molar-refractivity contribution is -0.118. The summed E-state index contributed by atoms with van der Waals surface area (Å²) in [6.07, 6.45) is -0.460. The molecule has 0 saturated carbocycles. The van der Waals surface area contributed by atoms with Crippen molar-refractivity contribution in [1.82, 2.24) is 0 Å². The van der Waals surface area contributed by atoms with Gasteiger partial charge in [0.2, 0.25) is 0 Å². The summed E-state index contributed by atoms with van der Waals surface area (Å²) in [5, 5.41) is 0. The summed E-state index contributed by atoms with van der Waals surface area (Å²) in [5.74, 6) is 0.342. The molecule has 14 heteroatoms. The van der Waals surface area contributed by atoms with Crippen LogP contribution in [-0.4, -0.2) is 94.4 Å². The number of fused-ring (bicyclic) bond motifs is 2. The Kier molecular flexibility index (Phi) is 9.78. The zero-order valence-corrected chi connectivity index (χ0v) is 20.3. The Morgan fingerprint density at radius 1 is 1.19 bits per heavy atom. The number of methoxy groups -OCH3 is 1. The van der Waals surface area contributed by atoms with Gasteiger partial charge in [-0.15, -0.1) is 0 Å². The molecule has 3 saturated heterocycles. The van der Waals surface area contributed by atoms with Crippen molar-refractivity contribution < 1.29 is 51.4 Å². The van der Waals surface area contributed by atoms with Crippen LogP contribution in [0.15, 0.2) is 0 Å². The standard InChI is InChI=1S/C9H19O5P.C8H14BO6P/c1-7-4-8(14-15(3,10)11)9(6-12-2)13-5-7;1-3-8-4-13-5(7(9)14-8)6(8)15-16(10,11)12-2/h7-9H,4-6H2,1-3H3,(H,10,11);5-7H,3-4H2,1-2H3,(H,10,11). The first-order valence-corrected chi connectivity index (χ1v) is 13.6. The number of phosphoric ester groups is 1. The van der Waals surface area contributed by atoms with Gasteiger partial charge < -0.3 is 33.3 Å². The van der Waals surface area contributed by atoms with Crippen LogP contribution < -0.4 is 0 Å². The maximum Gasteiger partial charge on any atom is 0.472 e. The van der Waals surface area contributed by atoms with Crippen LogP contribution in [0.3, 0.4) is 0 Å². The third kappa shape index (κ3) is 7.32. The molecule has 0 aromatic heterocycles. The predicted octanol–water partition coefficient (Wildman–Crippen LogP) is 1.45. The molecular weight excluding hydrogens is 453 g/mol. The van der Waals surface area contributed by atoms with Crippen LogP contribution in [0.1, 0.15) is 26.7 Å². The van der Waals surface area contributed by atoms with Gasteiger partial charge in [0.1, 0.15) is 31.8 Å². The highest BCUT2D eigenvalue weighted by Gasteiger charge is 2.61. The van der Waals surface area contributed by atoms with Crippen molar-refractivity contribution in [3.05, 3.63) is 0 Å². The maximum atomic E-state index is 11.4. The Hall–Kier alpha value is 0.165. The second kappa shape index (κ2) is 11.1. The minimum absolute atomic E-state index is 0.244. The van der Waals surface area contributed by atoms with Crippen molar-refractivity contribution in [2.45, 2.75) is 62.7 Å². The summed E-state index contributed by atoms with van der Waals surface area (Å²) >= 11 is 0. The van der Waals surface area contributed by atoms with Crippen molar-refractivity contribution >= 4 is 23.3 Å². The monoisotopic (exact) mass is 486 g/mol. The van der Waals surface area contributed by atoms with E-state index < -0.39 is 39.2 Å². The van der Waals surface area contributed by atoms with Crippen LogP contribution in [-0.2, 0) is 41.6 Å². The second-order valence-corrected chi connectivity index (χ2v) is 11.4. The fourth-order valence-electron chi connectivity index (χ4n) is 3.84. The van der Waals surface area contributed by atoms with Gasteiger partial charge in [-0.1, -0.05) is 13.8 Å². The molecule has 3 fully saturated rings. The predicted molar refractivity (Wildman–Crippen MR) is 111 cm³/mol. The lowest BCUT2D eigenvalue weighted by atomic mass is 9.91.